The number of ether oxygens (including phenoxy) is 1. The first kappa shape index (κ1) is 14.5. The average Bonchev–Trinajstić information content (AvgIpc) is 2.79. The molecular weight excluding hydrogens is 286 g/mol. The predicted octanol–water partition coefficient (Wildman–Crippen LogP) is 1.77. The van der Waals surface area contributed by atoms with Gasteiger partial charge in [0.1, 0.15) is 6.54 Å². The Morgan fingerprint density at radius 1 is 1.57 bits per heavy atom. The van der Waals surface area contributed by atoms with Crippen molar-refractivity contribution in [3.8, 4) is 0 Å². The standard InChI is InChI=1S/C15H21N3O2S/c1-5-20-11(19)7-16-14(21)18-10-6-9-13(15(9,3)4)12(10)8(2)17-18/h9,13H,5-7H2,1-4H3,(H,16,21)/t9-,13-/m1/s1. The molecule has 2 aliphatic rings. The Kier molecular flexibility index (Phi) is 3.31. The quantitative estimate of drug-likeness (QED) is 0.681. The van der Waals surface area contributed by atoms with Crippen molar-refractivity contribution in [2.75, 3.05) is 13.2 Å². The Labute approximate surface area is 130 Å². The number of hydrogen-bond acceptors (Lipinski definition) is 4. The van der Waals surface area contributed by atoms with Crippen LogP contribution in [0, 0.1) is 18.3 Å². The summed E-state index contributed by atoms with van der Waals surface area (Å²) in [6.45, 7) is 8.92. The maximum atomic E-state index is 11.4. The minimum absolute atomic E-state index is 0.0820. The molecule has 0 unspecified atom stereocenters. The molecule has 1 aromatic heterocycles. The Morgan fingerprint density at radius 2 is 2.29 bits per heavy atom. The SMILES string of the molecule is CCOC(=O)CNC(=S)n1nc(C)c2c1C[C@@H]1[C@H]2C1(C)C. The van der Waals surface area contributed by atoms with Crippen molar-refractivity contribution >= 4 is 23.3 Å². The summed E-state index contributed by atoms with van der Waals surface area (Å²) in [5.74, 6) is 1.03. The maximum absolute atomic E-state index is 11.4. The van der Waals surface area contributed by atoms with Gasteiger partial charge in [-0.05, 0) is 49.7 Å². The Balaban J connectivity index is 1.74. The van der Waals surface area contributed by atoms with Crippen molar-refractivity contribution in [2.45, 2.75) is 40.0 Å². The van der Waals surface area contributed by atoms with Crippen LogP contribution in [-0.4, -0.2) is 34.0 Å². The molecule has 1 fully saturated rings. The van der Waals surface area contributed by atoms with Crippen LogP contribution >= 0.6 is 12.2 Å². The second-order valence-electron chi connectivity index (χ2n) is 6.43. The fourth-order valence-electron chi connectivity index (χ4n) is 3.70. The highest BCUT2D eigenvalue weighted by Crippen LogP contribution is 2.70. The molecule has 0 radical (unpaired) electrons. The van der Waals surface area contributed by atoms with Crippen LogP contribution in [0.25, 0.3) is 0 Å². The molecule has 0 aromatic carbocycles. The average molecular weight is 307 g/mol. The number of aryl methyl sites for hydroxylation is 1. The van der Waals surface area contributed by atoms with Gasteiger partial charge in [-0.25, -0.2) is 4.68 Å². The second kappa shape index (κ2) is 4.80. The molecular formula is C15H21N3O2S. The zero-order valence-electron chi connectivity index (χ0n) is 12.9. The zero-order chi connectivity index (χ0) is 15.4. The number of esters is 1. The van der Waals surface area contributed by atoms with E-state index in [-0.39, 0.29) is 12.5 Å². The fourth-order valence-corrected chi connectivity index (χ4v) is 3.92. The van der Waals surface area contributed by atoms with Crippen LogP contribution in [-0.2, 0) is 16.0 Å². The summed E-state index contributed by atoms with van der Waals surface area (Å²) >= 11 is 5.37. The number of nitrogens with one attached hydrogen (secondary N) is 1. The van der Waals surface area contributed by atoms with Crippen LogP contribution in [0.4, 0.5) is 0 Å². The number of carbonyl (C=O) groups excluding carboxylic acids is 1. The van der Waals surface area contributed by atoms with Gasteiger partial charge in [-0.15, -0.1) is 0 Å². The number of nitrogens with zero attached hydrogens (tertiary/aromatic N) is 2. The summed E-state index contributed by atoms with van der Waals surface area (Å²) in [4.78, 5) is 11.4. The van der Waals surface area contributed by atoms with E-state index in [0.29, 0.717) is 29.0 Å². The van der Waals surface area contributed by atoms with Crippen LogP contribution in [0.5, 0.6) is 0 Å². The van der Waals surface area contributed by atoms with Crippen LogP contribution in [0.15, 0.2) is 0 Å². The van der Waals surface area contributed by atoms with E-state index in [1.807, 2.05) is 6.92 Å². The largest absolute Gasteiger partial charge is 0.465 e. The zero-order valence-corrected chi connectivity index (χ0v) is 13.7. The molecule has 114 valence electrons. The first-order chi connectivity index (χ1) is 9.87. The van der Waals surface area contributed by atoms with Crippen LogP contribution in [0.1, 0.15) is 43.6 Å². The van der Waals surface area contributed by atoms with Gasteiger partial charge in [-0.1, -0.05) is 13.8 Å². The highest BCUT2D eigenvalue weighted by atomic mass is 32.1. The summed E-state index contributed by atoms with van der Waals surface area (Å²) in [5, 5.41) is 7.97. The summed E-state index contributed by atoms with van der Waals surface area (Å²) in [5.41, 5.74) is 4.03. The number of aromatic nitrogens is 2. The lowest BCUT2D eigenvalue weighted by atomic mass is 9.98. The molecule has 0 bridgehead atoms. The first-order valence-corrected chi connectivity index (χ1v) is 7.81. The topological polar surface area (TPSA) is 56.1 Å². The Hall–Kier alpha value is -1.43. The van der Waals surface area contributed by atoms with Crippen molar-refractivity contribution in [1.29, 1.82) is 0 Å². The molecule has 2 atom stereocenters. The van der Waals surface area contributed by atoms with Crippen molar-refractivity contribution in [2.24, 2.45) is 11.3 Å². The van der Waals surface area contributed by atoms with Gasteiger partial charge in [0.25, 0.3) is 0 Å². The van der Waals surface area contributed by atoms with Crippen LogP contribution < -0.4 is 5.32 Å². The van der Waals surface area contributed by atoms with E-state index < -0.39 is 0 Å². The lowest BCUT2D eigenvalue weighted by Crippen LogP contribution is -2.35. The van der Waals surface area contributed by atoms with E-state index in [9.17, 15) is 4.79 Å². The second-order valence-corrected chi connectivity index (χ2v) is 6.82. The highest BCUT2D eigenvalue weighted by Gasteiger charge is 2.63. The van der Waals surface area contributed by atoms with E-state index in [2.05, 4.69) is 24.3 Å². The van der Waals surface area contributed by atoms with E-state index in [1.165, 1.54) is 11.3 Å². The Morgan fingerprint density at radius 3 is 2.95 bits per heavy atom. The van der Waals surface area contributed by atoms with Crippen molar-refractivity contribution in [3.05, 3.63) is 17.0 Å². The number of thiocarbonyl (C=S) groups is 1. The summed E-state index contributed by atoms with van der Waals surface area (Å²) in [6.07, 6.45) is 1.02. The summed E-state index contributed by atoms with van der Waals surface area (Å²) in [6, 6.07) is 0. The van der Waals surface area contributed by atoms with Crippen LogP contribution in [0.3, 0.4) is 0 Å². The summed E-state index contributed by atoms with van der Waals surface area (Å²) < 4.78 is 6.68. The van der Waals surface area contributed by atoms with Gasteiger partial charge < -0.3 is 10.1 Å². The molecule has 2 aliphatic carbocycles. The lowest BCUT2D eigenvalue weighted by Gasteiger charge is -2.12. The minimum Gasteiger partial charge on any atom is -0.465 e. The molecule has 1 heterocycles. The minimum atomic E-state index is -0.302. The van der Waals surface area contributed by atoms with Gasteiger partial charge in [0, 0.05) is 5.56 Å². The van der Waals surface area contributed by atoms with E-state index in [0.717, 1.165) is 12.1 Å². The predicted molar refractivity (Wildman–Crippen MR) is 83.3 cm³/mol. The van der Waals surface area contributed by atoms with E-state index in [1.54, 1.807) is 11.6 Å². The third-order valence-electron chi connectivity index (χ3n) is 4.86. The molecule has 0 saturated heterocycles. The molecule has 21 heavy (non-hydrogen) atoms. The van der Waals surface area contributed by atoms with Crippen LogP contribution in [0.2, 0.25) is 0 Å². The molecule has 0 amide bonds. The Bertz CT molecular complexity index is 621. The molecule has 6 heteroatoms. The fraction of sp³-hybridized carbons (Fsp3) is 0.667. The van der Waals surface area contributed by atoms with Crippen molar-refractivity contribution < 1.29 is 9.53 Å². The number of hydrogen-bond donors (Lipinski definition) is 1. The number of fused-ring (bicyclic) bond motifs is 3. The number of carbonyl (C=O) groups is 1. The van der Waals surface area contributed by atoms with Gasteiger partial charge in [-0.3, -0.25) is 4.79 Å². The normalized spacial score (nSPS) is 24.2. The monoisotopic (exact) mass is 307 g/mol. The van der Waals surface area contributed by atoms with Gasteiger partial charge in [-0.2, -0.15) is 5.10 Å². The van der Waals surface area contributed by atoms with Crippen molar-refractivity contribution in [1.82, 2.24) is 15.1 Å². The lowest BCUT2D eigenvalue weighted by molar-refractivity contribution is -0.141. The van der Waals surface area contributed by atoms with E-state index >= 15 is 0 Å². The number of rotatable bonds is 3. The third kappa shape index (κ3) is 2.16. The molecule has 5 nitrogen and oxygen atoms in total. The molecule has 1 N–H and O–H groups in total. The third-order valence-corrected chi connectivity index (χ3v) is 5.18. The highest BCUT2D eigenvalue weighted by molar-refractivity contribution is 7.80. The first-order valence-electron chi connectivity index (χ1n) is 7.40. The molecule has 1 saturated carbocycles. The molecule has 0 aliphatic heterocycles. The molecule has 0 spiro atoms. The summed E-state index contributed by atoms with van der Waals surface area (Å²) in [7, 11) is 0. The van der Waals surface area contributed by atoms with Gasteiger partial charge in [0.05, 0.1) is 18.0 Å². The molecule has 3 rings (SSSR count). The molecule has 1 aromatic rings. The van der Waals surface area contributed by atoms with E-state index in [4.69, 9.17) is 17.0 Å². The smallest absolute Gasteiger partial charge is 0.325 e. The maximum Gasteiger partial charge on any atom is 0.325 e. The van der Waals surface area contributed by atoms with Gasteiger partial charge >= 0.3 is 5.97 Å². The van der Waals surface area contributed by atoms with Crippen molar-refractivity contribution in [3.63, 3.8) is 0 Å². The van der Waals surface area contributed by atoms with Gasteiger partial charge in [0.2, 0.25) is 0 Å². The van der Waals surface area contributed by atoms with Gasteiger partial charge in [0.15, 0.2) is 5.11 Å².